The number of rotatable bonds is 4. The summed E-state index contributed by atoms with van der Waals surface area (Å²) >= 11 is 0. The summed E-state index contributed by atoms with van der Waals surface area (Å²) in [5, 5.41) is 8.81. The molecule has 1 nitrogen and oxygen atoms in total. The maximum Gasteiger partial charge on any atom is 0.0991 e. The molecular weight excluding hydrogens is 290 g/mol. The highest BCUT2D eigenvalue weighted by atomic mass is 14.3. The van der Waals surface area contributed by atoms with Crippen molar-refractivity contribution in [2.45, 2.75) is 47.0 Å². The van der Waals surface area contributed by atoms with Crippen molar-refractivity contribution in [3.05, 3.63) is 76.4 Å². The third-order valence-corrected chi connectivity index (χ3v) is 4.74. The van der Waals surface area contributed by atoms with Crippen LogP contribution < -0.4 is 0 Å². The van der Waals surface area contributed by atoms with Gasteiger partial charge in [0.1, 0.15) is 0 Å². The molecule has 0 saturated heterocycles. The van der Waals surface area contributed by atoms with Crippen LogP contribution in [0.1, 0.15) is 58.1 Å². The van der Waals surface area contributed by atoms with Gasteiger partial charge in [0.05, 0.1) is 11.6 Å². The lowest BCUT2D eigenvalue weighted by molar-refractivity contribution is 0.377. The zero-order valence-electron chi connectivity index (χ0n) is 15.3. The SMILES string of the molecule is CC(C=CC1=C(C)CCCC1(C)C)=CC=Cc1ccc(C#N)cc1. The van der Waals surface area contributed by atoms with E-state index < -0.39 is 0 Å². The fraction of sp³-hybridized carbons (Fsp3) is 0.348. The van der Waals surface area contributed by atoms with E-state index in [0.29, 0.717) is 5.56 Å². The molecule has 1 aromatic carbocycles. The lowest BCUT2D eigenvalue weighted by atomic mass is 9.72. The quantitative estimate of drug-likeness (QED) is 0.574. The Morgan fingerprint density at radius 3 is 2.50 bits per heavy atom. The van der Waals surface area contributed by atoms with Crippen LogP contribution in [0, 0.1) is 16.7 Å². The van der Waals surface area contributed by atoms with E-state index in [2.05, 4.69) is 64.1 Å². The van der Waals surface area contributed by atoms with Crippen LogP contribution in [0.15, 0.2) is 65.3 Å². The number of hydrogen-bond donors (Lipinski definition) is 0. The fourth-order valence-electron chi connectivity index (χ4n) is 3.26. The van der Waals surface area contributed by atoms with Gasteiger partial charge in [0.25, 0.3) is 0 Å². The third kappa shape index (κ3) is 4.83. The maximum atomic E-state index is 8.81. The van der Waals surface area contributed by atoms with E-state index in [1.54, 1.807) is 0 Å². The van der Waals surface area contributed by atoms with Crippen LogP contribution >= 0.6 is 0 Å². The average Bonchev–Trinajstić information content (AvgIpc) is 2.54. The molecule has 0 bridgehead atoms. The smallest absolute Gasteiger partial charge is 0.0991 e. The van der Waals surface area contributed by atoms with E-state index in [4.69, 9.17) is 5.26 Å². The zero-order chi connectivity index (χ0) is 17.6. The van der Waals surface area contributed by atoms with Crippen LogP contribution in [0.3, 0.4) is 0 Å². The highest BCUT2D eigenvalue weighted by Crippen LogP contribution is 2.40. The number of benzene rings is 1. The van der Waals surface area contributed by atoms with Crippen molar-refractivity contribution < 1.29 is 0 Å². The molecule has 0 spiro atoms. The van der Waals surface area contributed by atoms with Gasteiger partial charge in [-0.2, -0.15) is 5.26 Å². The van der Waals surface area contributed by atoms with E-state index in [9.17, 15) is 0 Å². The summed E-state index contributed by atoms with van der Waals surface area (Å²) in [6.07, 6.45) is 14.6. The van der Waals surface area contributed by atoms with Gasteiger partial charge in [-0.1, -0.05) is 67.5 Å². The Hall–Kier alpha value is -2.33. The summed E-state index contributed by atoms with van der Waals surface area (Å²) in [6.45, 7) is 9.09. The molecular formula is C23H27N. The van der Waals surface area contributed by atoms with Gasteiger partial charge < -0.3 is 0 Å². The average molecular weight is 317 g/mol. The lowest BCUT2D eigenvalue weighted by Crippen LogP contribution is -2.19. The Kier molecular flexibility index (Phi) is 5.99. The minimum Gasteiger partial charge on any atom is -0.192 e. The van der Waals surface area contributed by atoms with E-state index in [1.807, 2.05) is 24.3 Å². The van der Waals surface area contributed by atoms with E-state index in [1.165, 1.54) is 36.0 Å². The van der Waals surface area contributed by atoms with Gasteiger partial charge in [0.2, 0.25) is 0 Å². The van der Waals surface area contributed by atoms with Crippen molar-refractivity contribution in [2.24, 2.45) is 5.41 Å². The largest absolute Gasteiger partial charge is 0.192 e. The first kappa shape index (κ1) is 18.0. The standard InChI is InChI=1S/C23H27N/c1-18(7-5-9-20-11-13-21(17-24)14-12-20)10-15-22-19(2)8-6-16-23(22,3)4/h5,7,9-15H,6,8,16H2,1-4H3. The van der Waals surface area contributed by atoms with Gasteiger partial charge in [-0.05, 0) is 61.8 Å². The zero-order valence-corrected chi connectivity index (χ0v) is 15.3. The molecule has 1 aliphatic carbocycles. The predicted octanol–water partition coefficient (Wildman–Crippen LogP) is 6.60. The van der Waals surface area contributed by atoms with Gasteiger partial charge in [0, 0.05) is 0 Å². The predicted molar refractivity (Wildman–Crippen MR) is 103 cm³/mol. The van der Waals surface area contributed by atoms with Crippen molar-refractivity contribution in [2.75, 3.05) is 0 Å². The van der Waals surface area contributed by atoms with Gasteiger partial charge >= 0.3 is 0 Å². The highest BCUT2D eigenvalue weighted by Gasteiger charge is 2.26. The normalized spacial score (nSPS) is 18.4. The summed E-state index contributed by atoms with van der Waals surface area (Å²) in [5.74, 6) is 0. The molecule has 2 rings (SSSR count). The number of nitrogens with zero attached hydrogens (tertiary/aromatic N) is 1. The molecule has 1 aliphatic rings. The number of nitriles is 1. The molecule has 0 aromatic heterocycles. The minimum absolute atomic E-state index is 0.289. The molecule has 0 aliphatic heterocycles. The molecule has 1 aromatic rings. The molecule has 0 N–H and O–H groups in total. The van der Waals surface area contributed by atoms with Crippen LogP contribution in [0.2, 0.25) is 0 Å². The first-order valence-corrected chi connectivity index (χ1v) is 8.66. The van der Waals surface area contributed by atoms with E-state index >= 15 is 0 Å². The molecule has 124 valence electrons. The van der Waals surface area contributed by atoms with Crippen LogP contribution in [0.4, 0.5) is 0 Å². The molecule has 0 fully saturated rings. The van der Waals surface area contributed by atoms with E-state index in [0.717, 1.165) is 5.56 Å². The molecule has 0 atom stereocenters. The Balaban J connectivity index is 2.05. The van der Waals surface area contributed by atoms with Crippen LogP contribution in [0.25, 0.3) is 6.08 Å². The topological polar surface area (TPSA) is 23.8 Å². The highest BCUT2D eigenvalue weighted by molar-refractivity contribution is 5.53. The summed E-state index contributed by atoms with van der Waals surface area (Å²) < 4.78 is 0. The molecule has 0 saturated carbocycles. The third-order valence-electron chi connectivity index (χ3n) is 4.74. The van der Waals surface area contributed by atoms with Gasteiger partial charge in [-0.25, -0.2) is 0 Å². The Morgan fingerprint density at radius 1 is 1.17 bits per heavy atom. The monoisotopic (exact) mass is 317 g/mol. The molecule has 1 heteroatoms. The molecule has 0 radical (unpaired) electrons. The Morgan fingerprint density at radius 2 is 1.88 bits per heavy atom. The maximum absolute atomic E-state index is 8.81. The molecule has 0 heterocycles. The molecule has 24 heavy (non-hydrogen) atoms. The van der Waals surface area contributed by atoms with E-state index in [-0.39, 0.29) is 5.41 Å². The number of hydrogen-bond acceptors (Lipinski definition) is 1. The van der Waals surface area contributed by atoms with Gasteiger partial charge in [0.15, 0.2) is 0 Å². The summed E-state index contributed by atoms with van der Waals surface area (Å²) in [6, 6.07) is 9.75. The van der Waals surface area contributed by atoms with Crippen molar-refractivity contribution >= 4 is 6.08 Å². The molecule has 0 amide bonds. The first-order chi connectivity index (χ1) is 11.4. The number of allylic oxidation sites excluding steroid dienone is 7. The van der Waals surface area contributed by atoms with Gasteiger partial charge in [-0.3, -0.25) is 0 Å². The summed E-state index contributed by atoms with van der Waals surface area (Å²) in [7, 11) is 0. The first-order valence-electron chi connectivity index (χ1n) is 8.66. The van der Waals surface area contributed by atoms with Crippen molar-refractivity contribution in [3.8, 4) is 6.07 Å². The molecule has 0 unspecified atom stereocenters. The second-order valence-corrected chi connectivity index (χ2v) is 7.27. The van der Waals surface area contributed by atoms with Crippen molar-refractivity contribution in [3.63, 3.8) is 0 Å². The second kappa shape index (κ2) is 7.97. The minimum atomic E-state index is 0.289. The summed E-state index contributed by atoms with van der Waals surface area (Å²) in [4.78, 5) is 0. The lowest BCUT2D eigenvalue weighted by Gasteiger charge is -2.32. The Bertz CT molecular complexity index is 731. The second-order valence-electron chi connectivity index (χ2n) is 7.27. The van der Waals surface area contributed by atoms with Crippen LogP contribution in [-0.2, 0) is 0 Å². The van der Waals surface area contributed by atoms with Crippen LogP contribution in [-0.4, -0.2) is 0 Å². The fourth-order valence-corrected chi connectivity index (χ4v) is 3.26. The van der Waals surface area contributed by atoms with Gasteiger partial charge in [-0.15, -0.1) is 0 Å². The Labute approximate surface area is 146 Å². The van der Waals surface area contributed by atoms with Crippen molar-refractivity contribution in [1.29, 1.82) is 5.26 Å². The van der Waals surface area contributed by atoms with Crippen LogP contribution in [0.5, 0.6) is 0 Å². The van der Waals surface area contributed by atoms with Crippen molar-refractivity contribution in [1.82, 2.24) is 0 Å². The summed E-state index contributed by atoms with van der Waals surface area (Å²) in [5.41, 5.74) is 6.36.